The van der Waals surface area contributed by atoms with Gasteiger partial charge in [0, 0.05) is 50.6 Å². The van der Waals surface area contributed by atoms with Crippen LogP contribution in [-0.4, -0.2) is 50.8 Å². The smallest absolute Gasteiger partial charge is 0.134 e. The number of nitrogens with zero attached hydrogens (tertiary/aromatic N) is 6. The van der Waals surface area contributed by atoms with E-state index >= 15 is 0 Å². The summed E-state index contributed by atoms with van der Waals surface area (Å²) in [6.07, 6.45) is 6.72. The molecule has 2 aliphatic rings. The summed E-state index contributed by atoms with van der Waals surface area (Å²) in [5.41, 5.74) is 2.38. The lowest BCUT2D eigenvalue weighted by Crippen LogP contribution is -2.33. The van der Waals surface area contributed by atoms with E-state index in [0.717, 1.165) is 62.9 Å². The minimum atomic E-state index is 0.490. The second kappa shape index (κ2) is 7.12. The lowest BCUT2D eigenvalue weighted by Gasteiger charge is -2.31. The normalized spacial score (nSPS) is 19.7. The molecule has 25 heavy (non-hydrogen) atoms. The van der Waals surface area contributed by atoms with Crippen molar-refractivity contribution in [3.05, 3.63) is 35.5 Å². The van der Waals surface area contributed by atoms with Crippen LogP contribution in [-0.2, 0) is 13.6 Å². The van der Waals surface area contributed by atoms with Crippen LogP contribution in [0.2, 0.25) is 0 Å². The maximum atomic E-state index is 4.94. The number of hydrogen-bond acceptors (Lipinski definition) is 5. The Labute approximate surface area is 149 Å². The van der Waals surface area contributed by atoms with Crippen molar-refractivity contribution in [2.45, 2.75) is 45.1 Å². The Morgan fingerprint density at radius 2 is 1.84 bits per heavy atom. The van der Waals surface area contributed by atoms with Gasteiger partial charge < -0.3 is 4.90 Å². The first kappa shape index (κ1) is 16.5. The van der Waals surface area contributed by atoms with Crippen molar-refractivity contribution in [1.29, 1.82) is 0 Å². The standard InChI is InChI=1S/C19H28N6/c1-15-13-18(25-9-3-4-10-25)22-19(21-15)16-6-11-24(12-7-16)14-17-5-8-20-23(17)2/h5,8,13,16H,3-4,6-7,9-12,14H2,1-2H3. The third-order valence-electron chi connectivity index (χ3n) is 5.55. The molecule has 6 heteroatoms. The number of hydrogen-bond donors (Lipinski definition) is 0. The number of piperidine rings is 1. The molecule has 0 radical (unpaired) electrons. The molecule has 0 aromatic carbocycles. The molecule has 2 saturated heterocycles. The van der Waals surface area contributed by atoms with E-state index in [1.165, 1.54) is 18.5 Å². The fourth-order valence-electron chi connectivity index (χ4n) is 4.00. The van der Waals surface area contributed by atoms with Crippen molar-refractivity contribution in [2.24, 2.45) is 7.05 Å². The monoisotopic (exact) mass is 340 g/mol. The summed E-state index contributed by atoms with van der Waals surface area (Å²) < 4.78 is 1.97. The van der Waals surface area contributed by atoms with Crippen LogP contribution in [0.5, 0.6) is 0 Å². The molecule has 0 amide bonds. The predicted octanol–water partition coefficient (Wildman–Crippen LogP) is 2.50. The zero-order valence-corrected chi connectivity index (χ0v) is 15.4. The van der Waals surface area contributed by atoms with E-state index < -0.39 is 0 Å². The van der Waals surface area contributed by atoms with Gasteiger partial charge in [0.1, 0.15) is 11.6 Å². The van der Waals surface area contributed by atoms with Crippen molar-refractivity contribution in [3.8, 4) is 0 Å². The van der Waals surface area contributed by atoms with E-state index in [2.05, 4.69) is 34.0 Å². The molecule has 0 spiro atoms. The Morgan fingerprint density at radius 1 is 1.08 bits per heavy atom. The van der Waals surface area contributed by atoms with E-state index in [4.69, 9.17) is 9.97 Å². The molecule has 4 heterocycles. The van der Waals surface area contributed by atoms with Crippen LogP contribution in [0.4, 0.5) is 5.82 Å². The predicted molar refractivity (Wildman–Crippen MR) is 98.7 cm³/mol. The maximum absolute atomic E-state index is 4.94. The van der Waals surface area contributed by atoms with Crippen LogP contribution in [0.1, 0.15) is 48.8 Å². The highest BCUT2D eigenvalue weighted by atomic mass is 15.3. The second-order valence-electron chi connectivity index (χ2n) is 7.42. The van der Waals surface area contributed by atoms with Gasteiger partial charge in [-0.15, -0.1) is 0 Å². The highest BCUT2D eigenvalue weighted by molar-refractivity contribution is 5.41. The quantitative estimate of drug-likeness (QED) is 0.856. The van der Waals surface area contributed by atoms with Crippen LogP contribution in [0.3, 0.4) is 0 Å². The van der Waals surface area contributed by atoms with Gasteiger partial charge in [-0.1, -0.05) is 0 Å². The molecule has 0 unspecified atom stereocenters. The average molecular weight is 340 g/mol. The van der Waals surface area contributed by atoms with E-state index in [9.17, 15) is 0 Å². The Bertz CT molecular complexity index is 710. The summed E-state index contributed by atoms with van der Waals surface area (Å²) in [6.45, 7) is 7.57. The summed E-state index contributed by atoms with van der Waals surface area (Å²) in [4.78, 5) is 14.6. The highest BCUT2D eigenvalue weighted by Gasteiger charge is 2.25. The molecular weight excluding hydrogens is 312 g/mol. The molecule has 0 saturated carbocycles. The zero-order chi connectivity index (χ0) is 17.2. The molecule has 6 nitrogen and oxygen atoms in total. The average Bonchev–Trinajstić information content (AvgIpc) is 3.28. The lowest BCUT2D eigenvalue weighted by molar-refractivity contribution is 0.197. The summed E-state index contributed by atoms with van der Waals surface area (Å²) in [5.74, 6) is 2.68. The fourth-order valence-corrected chi connectivity index (χ4v) is 4.00. The van der Waals surface area contributed by atoms with Crippen LogP contribution in [0.25, 0.3) is 0 Å². The molecule has 0 aliphatic carbocycles. The van der Waals surface area contributed by atoms with Gasteiger partial charge in [0.15, 0.2) is 0 Å². The Kier molecular flexibility index (Phi) is 4.70. The van der Waals surface area contributed by atoms with Gasteiger partial charge in [-0.05, 0) is 51.8 Å². The Balaban J connectivity index is 1.41. The Hall–Kier alpha value is -1.95. The molecule has 4 rings (SSSR count). The van der Waals surface area contributed by atoms with Gasteiger partial charge in [-0.25, -0.2) is 9.97 Å². The molecule has 0 N–H and O–H groups in total. The van der Waals surface area contributed by atoms with Crippen molar-refractivity contribution < 1.29 is 0 Å². The van der Waals surface area contributed by atoms with Gasteiger partial charge >= 0.3 is 0 Å². The summed E-state index contributed by atoms with van der Waals surface area (Å²) in [5, 5.41) is 4.27. The van der Waals surface area contributed by atoms with Gasteiger partial charge in [-0.2, -0.15) is 5.10 Å². The van der Waals surface area contributed by atoms with Gasteiger partial charge in [-0.3, -0.25) is 9.58 Å². The van der Waals surface area contributed by atoms with Crippen molar-refractivity contribution in [3.63, 3.8) is 0 Å². The van der Waals surface area contributed by atoms with E-state index in [1.54, 1.807) is 0 Å². The fraction of sp³-hybridized carbons (Fsp3) is 0.632. The third kappa shape index (κ3) is 3.68. The summed E-state index contributed by atoms with van der Waals surface area (Å²) in [6, 6.07) is 4.25. The van der Waals surface area contributed by atoms with Gasteiger partial charge in [0.2, 0.25) is 0 Å². The van der Waals surface area contributed by atoms with E-state index in [-0.39, 0.29) is 0 Å². The number of anilines is 1. The minimum absolute atomic E-state index is 0.490. The van der Waals surface area contributed by atoms with Crippen molar-refractivity contribution >= 4 is 5.82 Å². The topological polar surface area (TPSA) is 50.1 Å². The first-order chi connectivity index (χ1) is 12.2. The molecule has 2 fully saturated rings. The number of likely N-dealkylation sites (tertiary alicyclic amines) is 1. The molecule has 2 aromatic rings. The first-order valence-corrected chi connectivity index (χ1v) is 9.49. The zero-order valence-electron chi connectivity index (χ0n) is 15.4. The van der Waals surface area contributed by atoms with Crippen LogP contribution >= 0.6 is 0 Å². The number of rotatable bonds is 4. The lowest BCUT2D eigenvalue weighted by atomic mass is 9.95. The molecule has 2 aliphatic heterocycles. The highest BCUT2D eigenvalue weighted by Crippen LogP contribution is 2.28. The Morgan fingerprint density at radius 3 is 2.52 bits per heavy atom. The molecule has 0 bridgehead atoms. The minimum Gasteiger partial charge on any atom is -0.357 e. The summed E-state index contributed by atoms with van der Waals surface area (Å²) in [7, 11) is 2.02. The molecular formula is C19H28N6. The molecule has 134 valence electrons. The van der Waals surface area contributed by atoms with Crippen LogP contribution < -0.4 is 4.90 Å². The molecule has 0 atom stereocenters. The SMILES string of the molecule is Cc1cc(N2CCCC2)nc(C2CCN(Cc3ccnn3C)CC2)n1. The van der Waals surface area contributed by atoms with Crippen LogP contribution in [0.15, 0.2) is 18.3 Å². The maximum Gasteiger partial charge on any atom is 0.134 e. The van der Waals surface area contributed by atoms with E-state index in [0.29, 0.717) is 5.92 Å². The second-order valence-corrected chi connectivity index (χ2v) is 7.42. The van der Waals surface area contributed by atoms with Crippen molar-refractivity contribution in [2.75, 3.05) is 31.1 Å². The van der Waals surface area contributed by atoms with Crippen molar-refractivity contribution in [1.82, 2.24) is 24.6 Å². The summed E-state index contributed by atoms with van der Waals surface area (Å²) >= 11 is 0. The largest absolute Gasteiger partial charge is 0.357 e. The van der Waals surface area contributed by atoms with Gasteiger partial charge in [0.25, 0.3) is 0 Å². The number of aromatic nitrogens is 4. The van der Waals surface area contributed by atoms with E-state index in [1.807, 2.05) is 17.9 Å². The number of aryl methyl sites for hydroxylation is 2. The third-order valence-corrected chi connectivity index (χ3v) is 5.55. The molecule has 2 aromatic heterocycles. The first-order valence-electron chi connectivity index (χ1n) is 9.49. The van der Waals surface area contributed by atoms with Crippen LogP contribution in [0, 0.1) is 6.92 Å². The van der Waals surface area contributed by atoms with Gasteiger partial charge in [0.05, 0.1) is 5.69 Å².